The molecule has 4 rings (SSSR count). The molecule has 7 heteroatoms. The lowest BCUT2D eigenvalue weighted by atomic mass is 10.0. The van der Waals surface area contributed by atoms with Crippen LogP contribution < -0.4 is 4.72 Å². The lowest BCUT2D eigenvalue weighted by Crippen LogP contribution is -2.45. The van der Waals surface area contributed by atoms with Crippen LogP contribution in [0, 0.1) is 0 Å². The zero-order chi connectivity index (χ0) is 19.6. The van der Waals surface area contributed by atoms with Crippen molar-refractivity contribution in [2.75, 3.05) is 19.6 Å². The van der Waals surface area contributed by atoms with Crippen LogP contribution in [0.1, 0.15) is 18.4 Å². The Balaban J connectivity index is 1.31. The van der Waals surface area contributed by atoms with E-state index in [-0.39, 0.29) is 6.04 Å². The van der Waals surface area contributed by atoms with E-state index in [9.17, 15) is 8.42 Å². The van der Waals surface area contributed by atoms with Crippen LogP contribution in [-0.4, -0.2) is 39.0 Å². The molecule has 0 bridgehead atoms. The molecule has 2 aromatic carbocycles. The minimum Gasteiger partial charge on any atom is -0.464 e. The molecule has 0 radical (unpaired) electrons. The van der Waals surface area contributed by atoms with E-state index in [0.717, 1.165) is 44.5 Å². The molecule has 1 aliphatic heterocycles. The lowest BCUT2D eigenvalue weighted by molar-refractivity contribution is 0.209. The Morgan fingerprint density at radius 3 is 2.57 bits per heavy atom. The number of para-hydroxylation sites is 1. The maximum Gasteiger partial charge on any atom is 0.241 e. The normalized spacial score (nSPS) is 16.6. The number of hydrogen-bond donors (Lipinski definition) is 1. The van der Waals surface area contributed by atoms with E-state index < -0.39 is 10.0 Å². The Bertz CT molecular complexity index is 1060. The van der Waals surface area contributed by atoms with Crippen molar-refractivity contribution < 1.29 is 12.8 Å². The first-order valence-corrected chi connectivity index (χ1v) is 11.7. The van der Waals surface area contributed by atoms with E-state index in [4.69, 9.17) is 4.42 Å². The smallest absolute Gasteiger partial charge is 0.241 e. The molecule has 1 aromatic heterocycles. The van der Waals surface area contributed by atoms with Crippen LogP contribution in [-0.2, 0) is 16.4 Å². The minimum absolute atomic E-state index is 0.0249. The predicted molar refractivity (Wildman–Crippen MR) is 114 cm³/mol. The first-order valence-electron chi connectivity index (χ1n) is 9.47. The molecule has 3 aromatic rings. The van der Waals surface area contributed by atoms with E-state index in [2.05, 4.69) is 31.6 Å². The summed E-state index contributed by atoms with van der Waals surface area (Å²) in [6.07, 6.45) is 4.42. The average molecular weight is 463 g/mol. The number of nitrogens with zero attached hydrogens (tertiary/aromatic N) is 1. The van der Waals surface area contributed by atoms with Crippen LogP contribution >= 0.6 is 15.9 Å². The first kappa shape index (κ1) is 19.6. The summed E-state index contributed by atoms with van der Waals surface area (Å²) < 4.78 is 34.4. The summed E-state index contributed by atoms with van der Waals surface area (Å²) in [4.78, 5) is 2.69. The van der Waals surface area contributed by atoms with Crippen LogP contribution in [0.4, 0.5) is 0 Å². The van der Waals surface area contributed by atoms with E-state index in [1.165, 1.54) is 10.9 Å². The summed E-state index contributed by atoms with van der Waals surface area (Å²) in [5.74, 6) is 0. The second-order valence-corrected chi connectivity index (χ2v) is 9.71. The largest absolute Gasteiger partial charge is 0.464 e. The highest BCUT2D eigenvalue weighted by Gasteiger charge is 2.25. The quantitative estimate of drug-likeness (QED) is 0.596. The molecule has 2 heterocycles. The first-order chi connectivity index (χ1) is 13.5. The van der Waals surface area contributed by atoms with Crippen LogP contribution in [0.2, 0.25) is 0 Å². The van der Waals surface area contributed by atoms with Crippen molar-refractivity contribution in [1.82, 2.24) is 9.62 Å². The summed E-state index contributed by atoms with van der Waals surface area (Å²) in [6, 6.07) is 15.0. The summed E-state index contributed by atoms with van der Waals surface area (Å²) in [7, 11) is -3.51. The lowest BCUT2D eigenvalue weighted by Gasteiger charge is -2.32. The van der Waals surface area contributed by atoms with Gasteiger partial charge in [-0.2, -0.15) is 0 Å². The number of fused-ring (bicyclic) bond motifs is 1. The molecular weight excluding hydrogens is 440 g/mol. The number of benzene rings is 2. The molecule has 0 unspecified atom stereocenters. The van der Waals surface area contributed by atoms with Crippen molar-refractivity contribution >= 4 is 36.9 Å². The monoisotopic (exact) mass is 462 g/mol. The second-order valence-electron chi connectivity index (χ2n) is 7.17. The van der Waals surface area contributed by atoms with Gasteiger partial charge in [-0.05, 0) is 72.0 Å². The Hall–Kier alpha value is -1.67. The molecule has 1 N–H and O–H groups in total. The van der Waals surface area contributed by atoms with Gasteiger partial charge in [0.15, 0.2) is 0 Å². The summed E-state index contributed by atoms with van der Waals surface area (Å²) in [5.41, 5.74) is 2.16. The van der Waals surface area contributed by atoms with Crippen molar-refractivity contribution in [2.45, 2.75) is 30.2 Å². The van der Waals surface area contributed by atoms with Gasteiger partial charge in [-0.1, -0.05) is 30.3 Å². The number of halogens is 1. The highest BCUT2D eigenvalue weighted by molar-refractivity contribution is 9.10. The average Bonchev–Trinajstić information content (AvgIpc) is 3.11. The predicted octanol–water partition coefficient (Wildman–Crippen LogP) is 4.18. The molecule has 5 nitrogen and oxygen atoms in total. The Morgan fingerprint density at radius 2 is 1.79 bits per heavy atom. The molecule has 0 saturated carbocycles. The summed E-state index contributed by atoms with van der Waals surface area (Å²) in [6.45, 7) is 2.73. The van der Waals surface area contributed by atoms with Crippen LogP contribution in [0.3, 0.4) is 0 Å². The fourth-order valence-corrected chi connectivity index (χ4v) is 6.03. The van der Waals surface area contributed by atoms with Gasteiger partial charge in [-0.15, -0.1) is 0 Å². The van der Waals surface area contributed by atoms with Gasteiger partial charge >= 0.3 is 0 Å². The zero-order valence-electron chi connectivity index (χ0n) is 15.5. The highest BCUT2D eigenvalue weighted by atomic mass is 79.9. The van der Waals surface area contributed by atoms with Crippen LogP contribution in [0.15, 0.2) is 68.6 Å². The summed E-state index contributed by atoms with van der Waals surface area (Å²) in [5, 5.41) is 1.18. The van der Waals surface area contributed by atoms with E-state index >= 15 is 0 Å². The molecule has 1 aliphatic rings. The molecule has 0 atom stereocenters. The molecule has 0 aliphatic carbocycles. The third-order valence-electron chi connectivity index (χ3n) is 5.29. The minimum atomic E-state index is -3.51. The van der Waals surface area contributed by atoms with Crippen molar-refractivity contribution in [1.29, 1.82) is 0 Å². The number of piperidine rings is 1. The number of sulfonamides is 1. The third-order valence-corrected chi connectivity index (χ3v) is 7.83. The SMILES string of the molecule is O=S(=O)(NC1CCN(CCc2coc3ccccc23)CC1)c1ccccc1Br. The van der Waals surface area contributed by atoms with Crippen molar-refractivity contribution in [3.8, 4) is 0 Å². The maximum absolute atomic E-state index is 12.6. The van der Waals surface area contributed by atoms with Gasteiger partial charge in [0.2, 0.25) is 10.0 Å². The summed E-state index contributed by atoms with van der Waals surface area (Å²) >= 11 is 3.33. The number of nitrogens with one attached hydrogen (secondary N) is 1. The molecular formula is C21H23BrN2O3S. The zero-order valence-corrected chi connectivity index (χ0v) is 17.9. The van der Waals surface area contributed by atoms with Crippen molar-refractivity contribution in [3.05, 3.63) is 64.8 Å². The van der Waals surface area contributed by atoms with Gasteiger partial charge in [0.05, 0.1) is 11.2 Å². The molecule has 0 spiro atoms. The number of likely N-dealkylation sites (tertiary alicyclic amines) is 1. The van der Waals surface area contributed by atoms with E-state index in [1.807, 2.05) is 30.5 Å². The van der Waals surface area contributed by atoms with Gasteiger partial charge in [-0.25, -0.2) is 13.1 Å². The molecule has 1 fully saturated rings. The Labute approximate surface area is 173 Å². The maximum atomic E-state index is 12.6. The number of hydrogen-bond acceptors (Lipinski definition) is 4. The molecule has 148 valence electrons. The van der Waals surface area contributed by atoms with Crippen LogP contribution in [0.5, 0.6) is 0 Å². The standard InChI is InChI=1S/C21H23BrN2O3S/c22-19-6-2-4-8-21(19)28(25,26)23-17-10-13-24(14-11-17)12-9-16-15-27-20-7-3-1-5-18(16)20/h1-8,15,17,23H,9-14H2. The fraction of sp³-hybridized carbons (Fsp3) is 0.333. The Kier molecular flexibility index (Phi) is 5.87. The van der Waals surface area contributed by atoms with Crippen molar-refractivity contribution in [2.24, 2.45) is 0 Å². The van der Waals surface area contributed by atoms with Crippen molar-refractivity contribution in [3.63, 3.8) is 0 Å². The topological polar surface area (TPSA) is 62.6 Å². The number of furan rings is 1. The molecule has 0 amide bonds. The number of rotatable bonds is 6. The second kappa shape index (κ2) is 8.37. The van der Waals surface area contributed by atoms with Crippen LogP contribution in [0.25, 0.3) is 11.0 Å². The van der Waals surface area contributed by atoms with Gasteiger partial charge < -0.3 is 9.32 Å². The van der Waals surface area contributed by atoms with Gasteiger partial charge in [0.1, 0.15) is 5.58 Å². The third kappa shape index (κ3) is 4.33. The fourth-order valence-electron chi connectivity index (χ4n) is 3.72. The van der Waals surface area contributed by atoms with Gasteiger partial charge in [0.25, 0.3) is 0 Å². The molecule has 1 saturated heterocycles. The van der Waals surface area contributed by atoms with E-state index in [0.29, 0.717) is 9.37 Å². The van der Waals surface area contributed by atoms with E-state index in [1.54, 1.807) is 18.2 Å². The molecule has 28 heavy (non-hydrogen) atoms. The van der Waals surface area contributed by atoms with Gasteiger partial charge in [-0.3, -0.25) is 0 Å². The highest BCUT2D eigenvalue weighted by Crippen LogP contribution is 2.24. The van der Waals surface area contributed by atoms with Gasteiger partial charge in [0, 0.05) is 22.4 Å². The Morgan fingerprint density at radius 1 is 1.07 bits per heavy atom.